The molecule has 3 rings (SSSR count). The molecule has 1 saturated carbocycles. The van der Waals surface area contributed by atoms with Crippen molar-refractivity contribution < 1.29 is 28.4 Å². The molecule has 1 aliphatic carbocycles. The summed E-state index contributed by atoms with van der Waals surface area (Å²) in [4.78, 5) is 50.2. The van der Waals surface area contributed by atoms with Crippen molar-refractivity contribution in [1.29, 1.82) is 0 Å². The van der Waals surface area contributed by atoms with Crippen molar-refractivity contribution in [2.75, 3.05) is 7.11 Å². The number of rotatable bonds is 13. The predicted octanol–water partition coefficient (Wildman–Crippen LogP) is 2.03. The van der Waals surface area contributed by atoms with E-state index in [0.29, 0.717) is 29.5 Å². The standard InChI is InChI=1S/C27H36N4O6/c1-17-12-23(37-31-17)15-25(33)28-18(2)26(34)30-24(14-20-8-10-22(36-3)11-9-20)27(35)29-21(16-32)13-19-6-4-5-7-19/h8-12,16,18-19,21,24H,4-7,13-15H2,1-3H3,(H,28,33)(H,29,35)(H,30,34)/t18?,21-,24-/m0/s1. The number of methoxy groups -OCH3 is 1. The molecule has 37 heavy (non-hydrogen) atoms. The van der Waals surface area contributed by atoms with Crippen LogP contribution >= 0.6 is 0 Å². The number of hydrogen-bond acceptors (Lipinski definition) is 7. The highest BCUT2D eigenvalue weighted by molar-refractivity contribution is 5.93. The molecule has 3 atom stereocenters. The summed E-state index contributed by atoms with van der Waals surface area (Å²) < 4.78 is 10.2. The first-order valence-corrected chi connectivity index (χ1v) is 12.7. The maximum atomic E-state index is 13.2. The van der Waals surface area contributed by atoms with E-state index in [2.05, 4.69) is 21.1 Å². The molecule has 1 heterocycles. The highest BCUT2D eigenvalue weighted by Crippen LogP contribution is 2.28. The number of aldehydes is 1. The maximum Gasteiger partial charge on any atom is 0.243 e. The summed E-state index contributed by atoms with van der Waals surface area (Å²) in [5, 5.41) is 11.9. The number of amides is 3. The third-order valence-electron chi connectivity index (χ3n) is 6.57. The number of ether oxygens (including phenoxy) is 1. The van der Waals surface area contributed by atoms with Crippen LogP contribution in [-0.4, -0.2) is 54.4 Å². The molecule has 1 unspecified atom stereocenters. The maximum absolute atomic E-state index is 13.2. The molecule has 1 aliphatic rings. The molecule has 10 nitrogen and oxygen atoms in total. The van der Waals surface area contributed by atoms with Gasteiger partial charge in [-0.05, 0) is 43.9 Å². The zero-order valence-electron chi connectivity index (χ0n) is 21.6. The van der Waals surface area contributed by atoms with Crippen LogP contribution < -0.4 is 20.7 Å². The van der Waals surface area contributed by atoms with E-state index in [1.165, 1.54) is 6.92 Å². The first-order valence-electron chi connectivity index (χ1n) is 12.7. The van der Waals surface area contributed by atoms with Gasteiger partial charge in [0.25, 0.3) is 0 Å². The second-order valence-electron chi connectivity index (χ2n) is 9.65. The Morgan fingerprint density at radius 1 is 1.11 bits per heavy atom. The Balaban J connectivity index is 1.64. The van der Waals surface area contributed by atoms with Crippen LogP contribution in [-0.2, 0) is 32.0 Å². The molecular weight excluding hydrogens is 476 g/mol. The SMILES string of the molecule is COc1ccc(C[C@H](NC(=O)C(C)NC(=O)Cc2cc(C)no2)C(=O)N[C@H](C=O)CC2CCCC2)cc1. The Bertz CT molecular complexity index is 1060. The summed E-state index contributed by atoms with van der Waals surface area (Å²) in [6, 6.07) is 6.36. The lowest BCUT2D eigenvalue weighted by Crippen LogP contribution is -2.55. The summed E-state index contributed by atoms with van der Waals surface area (Å²) in [5.41, 5.74) is 1.46. The summed E-state index contributed by atoms with van der Waals surface area (Å²) in [6.07, 6.45) is 5.88. The van der Waals surface area contributed by atoms with E-state index in [1.807, 2.05) is 12.1 Å². The number of hydrogen-bond donors (Lipinski definition) is 3. The van der Waals surface area contributed by atoms with Crippen LogP contribution in [0.15, 0.2) is 34.9 Å². The van der Waals surface area contributed by atoms with Crippen molar-refractivity contribution in [3.8, 4) is 5.75 Å². The second kappa shape index (κ2) is 13.6. The van der Waals surface area contributed by atoms with Gasteiger partial charge in [-0.25, -0.2) is 0 Å². The van der Waals surface area contributed by atoms with E-state index >= 15 is 0 Å². The number of nitrogens with one attached hydrogen (secondary N) is 3. The smallest absolute Gasteiger partial charge is 0.243 e. The molecule has 0 spiro atoms. The molecule has 3 N–H and O–H groups in total. The van der Waals surface area contributed by atoms with Crippen LogP contribution in [0.3, 0.4) is 0 Å². The number of benzene rings is 1. The van der Waals surface area contributed by atoms with Crippen LogP contribution in [0, 0.1) is 12.8 Å². The minimum Gasteiger partial charge on any atom is -0.497 e. The van der Waals surface area contributed by atoms with Gasteiger partial charge in [0.2, 0.25) is 17.7 Å². The van der Waals surface area contributed by atoms with E-state index in [1.54, 1.807) is 32.2 Å². The monoisotopic (exact) mass is 512 g/mol. The molecule has 1 fully saturated rings. The van der Waals surface area contributed by atoms with Gasteiger partial charge >= 0.3 is 0 Å². The van der Waals surface area contributed by atoms with E-state index < -0.39 is 35.8 Å². The van der Waals surface area contributed by atoms with Gasteiger partial charge in [-0.15, -0.1) is 0 Å². The van der Waals surface area contributed by atoms with E-state index in [4.69, 9.17) is 9.26 Å². The van der Waals surface area contributed by atoms with Crippen LogP contribution in [0.4, 0.5) is 0 Å². The zero-order chi connectivity index (χ0) is 26.8. The molecule has 0 saturated heterocycles. The lowest BCUT2D eigenvalue weighted by molar-refractivity contribution is -0.132. The largest absolute Gasteiger partial charge is 0.497 e. The average Bonchev–Trinajstić information content (AvgIpc) is 3.54. The van der Waals surface area contributed by atoms with Crippen LogP contribution in [0.2, 0.25) is 0 Å². The van der Waals surface area contributed by atoms with Gasteiger partial charge in [-0.2, -0.15) is 0 Å². The summed E-state index contributed by atoms with van der Waals surface area (Å²) >= 11 is 0. The molecule has 1 aromatic heterocycles. The Labute approximate surface area is 216 Å². The van der Waals surface area contributed by atoms with E-state index in [0.717, 1.165) is 37.5 Å². The van der Waals surface area contributed by atoms with Gasteiger partial charge in [0.15, 0.2) is 0 Å². The quantitative estimate of drug-likeness (QED) is 0.349. The Morgan fingerprint density at radius 3 is 2.41 bits per heavy atom. The Kier molecular flexibility index (Phi) is 10.2. The molecule has 2 aromatic rings. The lowest BCUT2D eigenvalue weighted by Gasteiger charge is -2.24. The molecule has 200 valence electrons. The zero-order valence-corrected chi connectivity index (χ0v) is 21.6. The molecule has 3 amide bonds. The van der Waals surface area contributed by atoms with Crippen molar-refractivity contribution in [3.63, 3.8) is 0 Å². The number of nitrogens with zero attached hydrogens (tertiary/aromatic N) is 1. The van der Waals surface area contributed by atoms with Gasteiger partial charge in [-0.1, -0.05) is 43.0 Å². The van der Waals surface area contributed by atoms with Gasteiger partial charge in [-0.3, -0.25) is 14.4 Å². The predicted molar refractivity (Wildman–Crippen MR) is 136 cm³/mol. The van der Waals surface area contributed by atoms with Gasteiger partial charge in [0.05, 0.1) is 25.3 Å². The van der Waals surface area contributed by atoms with Crippen molar-refractivity contribution in [1.82, 2.24) is 21.1 Å². The first-order chi connectivity index (χ1) is 17.8. The molecular formula is C27H36N4O6. The molecule has 1 aromatic carbocycles. The van der Waals surface area contributed by atoms with Crippen LogP contribution in [0.1, 0.15) is 56.0 Å². The Hall–Kier alpha value is -3.69. The van der Waals surface area contributed by atoms with E-state index in [-0.39, 0.29) is 12.8 Å². The second-order valence-corrected chi connectivity index (χ2v) is 9.65. The van der Waals surface area contributed by atoms with Crippen molar-refractivity contribution in [2.45, 2.75) is 76.9 Å². The fraction of sp³-hybridized carbons (Fsp3) is 0.519. The minimum atomic E-state index is -0.941. The first kappa shape index (κ1) is 27.9. The fourth-order valence-corrected chi connectivity index (χ4v) is 4.56. The van der Waals surface area contributed by atoms with Crippen LogP contribution in [0.25, 0.3) is 0 Å². The minimum absolute atomic E-state index is 0.0591. The third-order valence-corrected chi connectivity index (χ3v) is 6.57. The fourth-order valence-electron chi connectivity index (χ4n) is 4.56. The molecule has 10 heteroatoms. The number of aromatic nitrogens is 1. The molecule has 0 aliphatic heterocycles. The van der Waals surface area contributed by atoms with Gasteiger partial charge in [0, 0.05) is 12.5 Å². The third kappa shape index (κ3) is 8.73. The summed E-state index contributed by atoms with van der Waals surface area (Å²) in [7, 11) is 1.56. The van der Waals surface area contributed by atoms with E-state index in [9.17, 15) is 19.2 Å². The average molecular weight is 513 g/mol. The van der Waals surface area contributed by atoms with Crippen molar-refractivity contribution >= 4 is 24.0 Å². The van der Waals surface area contributed by atoms with Gasteiger partial charge in [0.1, 0.15) is 29.9 Å². The normalized spacial score (nSPS) is 15.9. The van der Waals surface area contributed by atoms with Crippen LogP contribution in [0.5, 0.6) is 5.75 Å². The summed E-state index contributed by atoms with van der Waals surface area (Å²) in [6.45, 7) is 3.29. The topological polar surface area (TPSA) is 140 Å². The highest BCUT2D eigenvalue weighted by Gasteiger charge is 2.28. The summed E-state index contributed by atoms with van der Waals surface area (Å²) in [5.74, 6) is 0.0939. The highest BCUT2D eigenvalue weighted by atomic mass is 16.5. The molecule has 0 radical (unpaired) electrons. The van der Waals surface area contributed by atoms with Crippen molar-refractivity contribution in [2.24, 2.45) is 5.92 Å². The lowest BCUT2D eigenvalue weighted by atomic mass is 9.98. The van der Waals surface area contributed by atoms with Gasteiger partial charge < -0.3 is 30.0 Å². The molecule has 0 bridgehead atoms. The number of aryl methyl sites for hydroxylation is 1. The number of carbonyl (C=O) groups excluding carboxylic acids is 4. The number of carbonyl (C=O) groups is 4. The van der Waals surface area contributed by atoms with Crippen molar-refractivity contribution in [3.05, 3.63) is 47.3 Å². The Morgan fingerprint density at radius 2 is 1.81 bits per heavy atom.